The largest absolute Gasteiger partial charge is 0.280 e. The smallest absolute Gasteiger partial charge is 0.102 e. The molecule has 4 rings (SSSR count). The van der Waals surface area contributed by atoms with Crippen LogP contribution in [0.15, 0.2) is 129 Å². The van der Waals surface area contributed by atoms with Crippen molar-refractivity contribution in [2.45, 2.75) is 51.9 Å². The quantitative estimate of drug-likeness (QED) is 0.378. The van der Waals surface area contributed by atoms with Gasteiger partial charge in [-0.3, -0.25) is 20.0 Å². The summed E-state index contributed by atoms with van der Waals surface area (Å²) in [4.78, 5) is 20.3. The second kappa shape index (κ2) is 12.2. The highest BCUT2D eigenvalue weighted by Gasteiger charge is 2.26. The molecule has 0 aromatic heterocycles. The Morgan fingerprint density at radius 3 is 1.03 bits per heavy atom. The van der Waals surface area contributed by atoms with E-state index >= 15 is 0 Å². The lowest BCUT2D eigenvalue weighted by atomic mass is 9.93. The van der Waals surface area contributed by atoms with Gasteiger partial charge in [0.2, 0.25) is 0 Å². The van der Waals surface area contributed by atoms with Crippen LogP contribution in [0.25, 0.3) is 0 Å². The summed E-state index contributed by atoms with van der Waals surface area (Å²) < 4.78 is 0. The Morgan fingerprint density at radius 1 is 0.417 bits per heavy atom. The highest BCUT2D eigenvalue weighted by atomic mass is 14.9. The minimum atomic E-state index is -0.246. The molecule has 0 bridgehead atoms. The zero-order valence-electron chi connectivity index (χ0n) is 21.5. The van der Waals surface area contributed by atoms with Gasteiger partial charge in [0.15, 0.2) is 0 Å². The van der Waals surface area contributed by atoms with Gasteiger partial charge in [0.1, 0.15) is 12.1 Å². The molecule has 2 aliphatic rings. The number of aliphatic imine (C=N–C) groups is 4. The predicted octanol–water partition coefficient (Wildman–Crippen LogP) is 7.30. The van der Waals surface area contributed by atoms with Gasteiger partial charge in [0.25, 0.3) is 0 Å². The molecule has 0 N–H and O–H groups in total. The Labute approximate surface area is 215 Å². The first kappa shape index (κ1) is 25.2. The van der Waals surface area contributed by atoms with E-state index in [-0.39, 0.29) is 24.2 Å². The van der Waals surface area contributed by atoms with Crippen LogP contribution in [0.4, 0.5) is 0 Å². The minimum Gasteiger partial charge on any atom is -0.280 e. The summed E-state index contributed by atoms with van der Waals surface area (Å²) in [5.41, 5.74) is 5.75. The molecule has 2 aromatic carbocycles. The molecule has 0 amide bonds. The van der Waals surface area contributed by atoms with E-state index in [1.807, 2.05) is 60.7 Å². The van der Waals surface area contributed by atoms with Gasteiger partial charge in [-0.1, -0.05) is 85.0 Å². The molecular weight excluding hydrogens is 440 g/mol. The summed E-state index contributed by atoms with van der Waals surface area (Å²) in [6.07, 6.45) is 16.2. The van der Waals surface area contributed by atoms with E-state index in [1.54, 1.807) is 0 Å². The van der Waals surface area contributed by atoms with E-state index in [0.29, 0.717) is 0 Å². The maximum Gasteiger partial charge on any atom is 0.102 e. The summed E-state index contributed by atoms with van der Waals surface area (Å²) in [6.45, 7) is 8.34. The van der Waals surface area contributed by atoms with Crippen molar-refractivity contribution in [3.05, 3.63) is 120 Å². The van der Waals surface area contributed by atoms with Crippen LogP contribution in [0.1, 0.15) is 50.9 Å². The first-order valence-corrected chi connectivity index (χ1v) is 12.6. The van der Waals surface area contributed by atoms with Crippen molar-refractivity contribution in [3.8, 4) is 0 Å². The summed E-state index contributed by atoms with van der Waals surface area (Å²) >= 11 is 0. The SMILES string of the molecule is CC(C)N=C1C=CC=CC1=N[C@@H](c1ccccc1)[C@@H](N=C1C=CC=CC1=NC(C)C)c1ccccc1. The third kappa shape index (κ3) is 6.60. The summed E-state index contributed by atoms with van der Waals surface area (Å²) in [5.74, 6) is 0. The Kier molecular flexibility index (Phi) is 8.51. The van der Waals surface area contributed by atoms with E-state index < -0.39 is 0 Å². The fraction of sp³-hybridized carbons (Fsp3) is 0.250. The van der Waals surface area contributed by atoms with Crippen LogP contribution < -0.4 is 0 Å². The van der Waals surface area contributed by atoms with E-state index in [1.165, 1.54) is 0 Å². The van der Waals surface area contributed by atoms with Crippen LogP contribution in [-0.4, -0.2) is 34.9 Å². The molecule has 2 aromatic rings. The van der Waals surface area contributed by atoms with E-state index in [4.69, 9.17) is 20.0 Å². The molecular formula is C32H34N4. The summed E-state index contributed by atoms with van der Waals surface area (Å²) in [5, 5.41) is 0. The maximum absolute atomic E-state index is 5.33. The van der Waals surface area contributed by atoms with Crippen molar-refractivity contribution in [1.82, 2.24) is 0 Å². The predicted molar refractivity (Wildman–Crippen MR) is 155 cm³/mol. The van der Waals surface area contributed by atoms with E-state index in [2.05, 4.69) is 76.2 Å². The van der Waals surface area contributed by atoms with Gasteiger partial charge in [-0.25, -0.2) is 0 Å². The zero-order valence-corrected chi connectivity index (χ0v) is 21.5. The molecule has 2 aliphatic carbocycles. The Balaban J connectivity index is 1.90. The van der Waals surface area contributed by atoms with Crippen molar-refractivity contribution in [2.24, 2.45) is 20.0 Å². The van der Waals surface area contributed by atoms with Gasteiger partial charge < -0.3 is 0 Å². The molecule has 4 nitrogen and oxygen atoms in total. The third-order valence-electron chi connectivity index (χ3n) is 5.70. The number of hydrogen-bond acceptors (Lipinski definition) is 4. The van der Waals surface area contributed by atoms with Crippen molar-refractivity contribution in [2.75, 3.05) is 0 Å². The number of hydrogen-bond donors (Lipinski definition) is 0. The highest BCUT2D eigenvalue weighted by Crippen LogP contribution is 2.36. The van der Waals surface area contributed by atoms with Gasteiger partial charge in [-0.05, 0) is 63.1 Å². The second-order valence-electron chi connectivity index (χ2n) is 9.39. The van der Waals surface area contributed by atoms with E-state index in [9.17, 15) is 0 Å². The molecule has 0 radical (unpaired) electrons. The first-order valence-electron chi connectivity index (χ1n) is 12.6. The molecule has 0 saturated carbocycles. The minimum absolute atomic E-state index is 0.177. The van der Waals surface area contributed by atoms with Gasteiger partial charge in [-0.2, -0.15) is 0 Å². The molecule has 0 fully saturated rings. The fourth-order valence-electron chi connectivity index (χ4n) is 4.18. The standard InChI is InChI=1S/C32H34N4/c1-23(2)33-27-19-11-13-21-29(27)35-31(25-15-7-5-8-16-25)32(26-17-9-6-10-18-26)36-30-22-14-12-20-28(30)34-24(3)4/h5-24,31-32H,1-4H3/t31-,32-/m0/s1. The van der Waals surface area contributed by atoms with Gasteiger partial charge in [0.05, 0.1) is 22.8 Å². The second-order valence-corrected chi connectivity index (χ2v) is 9.39. The summed E-state index contributed by atoms with van der Waals surface area (Å²) in [6, 6.07) is 20.7. The lowest BCUT2D eigenvalue weighted by Crippen LogP contribution is -2.20. The molecule has 36 heavy (non-hydrogen) atoms. The van der Waals surface area contributed by atoms with Gasteiger partial charge in [0, 0.05) is 12.1 Å². The molecule has 0 aliphatic heterocycles. The van der Waals surface area contributed by atoms with Crippen molar-refractivity contribution < 1.29 is 0 Å². The Bertz CT molecular complexity index is 1170. The maximum atomic E-state index is 5.33. The van der Waals surface area contributed by atoms with Gasteiger partial charge in [-0.15, -0.1) is 0 Å². The van der Waals surface area contributed by atoms with Crippen LogP contribution >= 0.6 is 0 Å². The topological polar surface area (TPSA) is 49.4 Å². The van der Waals surface area contributed by atoms with Crippen molar-refractivity contribution >= 4 is 22.8 Å². The molecule has 0 saturated heterocycles. The summed E-state index contributed by atoms with van der Waals surface area (Å²) in [7, 11) is 0. The molecule has 182 valence electrons. The Morgan fingerprint density at radius 2 is 0.722 bits per heavy atom. The van der Waals surface area contributed by atoms with Crippen molar-refractivity contribution in [1.29, 1.82) is 0 Å². The zero-order chi connectivity index (χ0) is 25.3. The Hall–Kier alpha value is -3.92. The molecule has 0 heterocycles. The highest BCUT2D eigenvalue weighted by molar-refractivity contribution is 6.51. The number of benzene rings is 2. The van der Waals surface area contributed by atoms with Crippen LogP contribution in [0.3, 0.4) is 0 Å². The van der Waals surface area contributed by atoms with Gasteiger partial charge >= 0.3 is 0 Å². The first-order chi connectivity index (χ1) is 17.5. The molecule has 0 unspecified atom stereocenters. The number of rotatable bonds is 7. The number of nitrogens with zero attached hydrogens (tertiary/aromatic N) is 4. The fourth-order valence-corrected chi connectivity index (χ4v) is 4.18. The van der Waals surface area contributed by atoms with Crippen LogP contribution in [0.5, 0.6) is 0 Å². The molecule has 4 heteroatoms. The van der Waals surface area contributed by atoms with E-state index in [0.717, 1.165) is 34.0 Å². The van der Waals surface area contributed by atoms with Crippen molar-refractivity contribution in [3.63, 3.8) is 0 Å². The lowest BCUT2D eigenvalue weighted by molar-refractivity contribution is 0.582. The van der Waals surface area contributed by atoms with Crippen LogP contribution in [0, 0.1) is 0 Å². The third-order valence-corrected chi connectivity index (χ3v) is 5.70. The average Bonchev–Trinajstić information content (AvgIpc) is 2.88. The van der Waals surface area contributed by atoms with Crippen LogP contribution in [-0.2, 0) is 0 Å². The number of allylic oxidation sites excluding steroid dienone is 8. The normalized spacial score (nSPS) is 21.4. The molecule has 0 spiro atoms. The monoisotopic (exact) mass is 474 g/mol. The van der Waals surface area contributed by atoms with Crippen LogP contribution in [0.2, 0.25) is 0 Å². The average molecular weight is 475 g/mol. The lowest BCUT2D eigenvalue weighted by Gasteiger charge is -2.25. The molecule has 2 atom stereocenters.